The molecule has 2 aromatic rings. The topological polar surface area (TPSA) is 72.9 Å². The lowest BCUT2D eigenvalue weighted by Crippen LogP contribution is -2.36. The molecular weight excluding hydrogens is 386 g/mol. The molecule has 8 heteroatoms. The number of ether oxygens (including phenoxy) is 2. The average Bonchev–Trinajstić information content (AvgIpc) is 2.71. The summed E-state index contributed by atoms with van der Waals surface area (Å²) in [4.78, 5) is 15.6. The number of carbonyl (C=O) groups is 1. The highest BCUT2D eigenvalue weighted by Gasteiger charge is 2.25. The van der Waals surface area contributed by atoms with E-state index in [-0.39, 0.29) is 23.0 Å². The molecule has 4 rings (SSSR count). The van der Waals surface area contributed by atoms with Crippen LogP contribution in [0.3, 0.4) is 0 Å². The minimum Gasteiger partial charge on any atom is -0.486 e. The van der Waals surface area contributed by atoms with Gasteiger partial charge in [-0.2, -0.15) is 0 Å². The molecule has 6 nitrogen and oxygen atoms in total. The van der Waals surface area contributed by atoms with Crippen LogP contribution in [0.15, 0.2) is 52.3 Å². The van der Waals surface area contributed by atoms with Crippen molar-refractivity contribution in [2.24, 2.45) is 0 Å². The molecule has 0 spiro atoms. The van der Waals surface area contributed by atoms with Crippen molar-refractivity contribution in [2.45, 2.75) is 16.2 Å². The molecule has 27 heavy (non-hydrogen) atoms. The molecule has 142 valence electrons. The Morgan fingerprint density at radius 2 is 1.85 bits per heavy atom. The zero-order chi connectivity index (χ0) is 18.9. The fourth-order valence-corrected chi connectivity index (χ4v) is 5.36. The number of carbonyl (C=O) groups excluding carboxylic acids is 1. The molecule has 0 saturated heterocycles. The Bertz CT molecular complexity index is 974. The molecule has 1 amide bonds. The maximum atomic E-state index is 12.7. The second kappa shape index (κ2) is 7.44. The number of thioether (sulfide) groups is 1. The monoisotopic (exact) mass is 405 g/mol. The summed E-state index contributed by atoms with van der Waals surface area (Å²) in [7, 11) is -3.59. The van der Waals surface area contributed by atoms with E-state index in [0.717, 1.165) is 16.3 Å². The molecule has 2 heterocycles. The van der Waals surface area contributed by atoms with E-state index in [4.69, 9.17) is 9.47 Å². The van der Waals surface area contributed by atoms with Crippen LogP contribution in [0.4, 0.5) is 5.69 Å². The number of amides is 1. The second-order valence-electron chi connectivity index (χ2n) is 6.24. The zero-order valence-corrected chi connectivity index (χ0v) is 16.2. The molecule has 0 aromatic heterocycles. The normalized spacial score (nSPS) is 15.9. The lowest BCUT2D eigenvalue weighted by atomic mass is 10.2. The van der Waals surface area contributed by atoms with Crippen molar-refractivity contribution in [2.75, 3.05) is 36.2 Å². The van der Waals surface area contributed by atoms with E-state index in [0.29, 0.717) is 31.3 Å². The second-order valence-corrected chi connectivity index (χ2v) is 9.48. The standard InChI is InChI=1S/C19H19NO5S2/c21-19(20-8-11-26-18-4-2-1-3-15(18)20)7-12-27(22,23)14-5-6-16-17(13-14)25-10-9-24-16/h1-6,13H,7-12H2. The highest BCUT2D eigenvalue weighted by Crippen LogP contribution is 2.35. The summed E-state index contributed by atoms with van der Waals surface area (Å²) in [5, 5.41) is 0. The van der Waals surface area contributed by atoms with E-state index < -0.39 is 9.84 Å². The number of hydrogen-bond acceptors (Lipinski definition) is 6. The first-order chi connectivity index (χ1) is 13.0. The molecule has 0 saturated carbocycles. The average molecular weight is 405 g/mol. The van der Waals surface area contributed by atoms with Crippen LogP contribution in [-0.4, -0.2) is 45.6 Å². The number of benzene rings is 2. The SMILES string of the molecule is O=C(CCS(=O)(=O)c1ccc2c(c1)OCCO2)N1CCSc2ccccc21. The first-order valence-corrected chi connectivity index (χ1v) is 11.3. The van der Waals surface area contributed by atoms with Gasteiger partial charge in [-0.25, -0.2) is 8.42 Å². The molecule has 2 aliphatic heterocycles. The Morgan fingerprint density at radius 1 is 1.07 bits per heavy atom. The van der Waals surface area contributed by atoms with Crippen LogP contribution in [0.25, 0.3) is 0 Å². The van der Waals surface area contributed by atoms with E-state index in [2.05, 4.69) is 0 Å². The van der Waals surface area contributed by atoms with E-state index >= 15 is 0 Å². The maximum absolute atomic E-state index is 12.7. The molecule has 0 atom stereocenters. The van der Waals surface area contributed by atoms with Crippen molar-refractivity contribution in [3.05, 3.63) is 42.5 Å². The molecular formula is C19H19NO5S2. The van der Waals surface area contributed by atoms with Crippen molar-refractivity contribution >= 4 is 33.2 Å². The van der Waals surface area contributed by atoms with Gasteiger partial charge in [-0.3, -0.25) is 4.79 Å². The van der Waals surface area contributed by atoms with Crippen molar-refractivity contribution in [3.63, 3.8) is 0 Å². The van der Waals surface area contributed by atoms with Gasteiger partial charge >= 0.3 is 0 Å². The van der Waals surface area contributed by atoms with Gasteiger partial charge in [0.2, 0.25) is 5.91 Å². The Hall–Kier alpha value is -2.19. The van der Waals surface area contributed by atoms with Gasteiger partial charge in [0.25, 0.3) is 0 Å². The smallest absolute Gasteiger partial charge is 0.228 e. The third-order valence-electron chi connectivity index (χ3n) is 4.49. The highest BCUT2D eigenvalue weighted by molar-refractivity contribution is 7.99. The largest absolute Gasteiger partial charge is 0.486 e. The molecule has 2 aliphatic rings. The van der Waals surface area contributed by atoms with Crippen LogP contribution in [0.1, 0.15) is 6.42 Å². The minimum atomic E-state index is -3.59. The van der Waals surface area contributed by atoms with Crippen molar-refractivity contribution in [1.29, 1.82) is 0 Å². The number of sulfone groups is 1. The number of para-hydroxylation sites is 1. The fraction of sp³-hybridized carbons (Fsp3) is 0.316. The van der Waals surface area contributed by atoms with Gasteiger partial charge in [-0.15, -0.1) is 11.8 Å². The van der Waals surface area contributed by atoms with Crippen molar-refractivity contribution in [3.8, 4) is 11.5 Å². The molecule has 0 radical (unpaired) electrons. The van der Waals surface area contributed by atoms with Crippen LogP contribution >= 0.6 is 11.8 Å². The van der Waals surface area contributed by atoms with Crippen LogP contribution in [-0.2, 0) is 14.6 Å². The summed E-state index contributed by atoms with van der Waals surface area (Å²) in [6, 6.07) is 12.3. The molecule has 2 aromatic carbocycles. The summed E-state index contributed by atoms with van der Waals surface area (Å²) in [6.07, 6.45) is -0.0597. The number of fused-ring (bicyclic) bond motifs is 2. The predicted molar refractivity (Wildman–Crippen MR) is 104 cm³/mol. The van der Waals surface area contributed by atoms with Gasteiger partial charge in [0.15, 0.2) is 21.3 Å². The van der Waals surface area contributed by atoms with Gasteiger partial charge in [0.05, 0.1) is 16.3 Å². The van der Waals surface area contributed by atoms with E-state index in [1.165, 1.54) is 12.1 Å². The van der Waals surface area contributed by atoms with Crippen LogP contribution < -0.4 is 14.4 Å². The van der Waals surface area contributed by atoms with Gasteiger partial charge in [0, 0.05) is 29.7 Å². The highest BCUT2D eigenvalue weighted by atomic mass is 32.2. The summed E-state index contributed by atoms with van der Waals surface area (Å²) >= 11 is 1.71. The first kappa shape index (κ1) is 18.2. The lowest BCUT2D eigenvalue weighted by Gasteiger charge is -2.29. The summed E-state index contributed by atoms with van der Waals surface area (Å²) in [5.41, 5.74) is 0.857. The Morgan fingerprint density at radius 3 is 2.70 bits per heavy atom. The molecule has 0 bridgehead atoms. The molecule has 0 N–H and O–H groups in total. The lowest BCUT2D eigenvalue weighted by molar-refractivity contribution is -0.118. The maximum Gasteiger partial charge on any atom is 0.228 e. The Labute approximate surface area is 162 Å². The van der Waals surface area contributed by atoms with Crippen molar-refractivity contribution < 1.29 is 22.7 Å². The van der Waals surface area contributed by atoms with Crippen LogP contribution in [0.5, 0.6) is 11.5 Å². The summed E-state index contributed by atoms with van der Waals surface area (Å²) in [5.74, 6) is 1.35. The predicted octanol–water partition coefficient (Wildman–Crippen LogP) is 2.76. The Balaban J connectivity index is 1.47. The van der Waals surface area contributed by atoms with Crippen LogP contribution in [0, 0.1) is 0 Å². The van der Waals surface area contributed by atoms with E-state index in [1.807, 2.05) is 24.3 Å². The summed E-state index contributed by atoms with van der Waals surface area (Å²) < 4.78 is 36.2. The molecule has 0 fully saturated rings. The van der Waals surface area contributed by atoms with Gasteiger partial charge in [0.1, 0.15) is 13.2 Å². The first-order valence-electron chi connectivity index (χ1n) is 8.69. The molecule has 0 unspecified atom stereocenters. The quantitative estimate of drug-likeness (QED) is 0.779. The number of rotatable bonds is 4. The van der Waals surface area contributed by atoms with Gasteiger partial charge in [-0.05, 0) is 24.3 Å². The third-order valence-corrected chi connectivity index (χ3v) is 7.24. The fourth-order valence-electron chi connectivity index (χ4n) is 3.12. The van der Waals surface area contributed by atoms with Gasteiger partial charge in [-0.1, -0.05) is 12.1 Å². The minimum absolute atomic E-state index is 0.0597. The van der Waals surface area contributed by atoms with E-state index in [9.17, 15) is 13.2 Å². The third kappa shape index (κ3) is 3.77. The zero-order valence-electron chi connectivity index (χ0n) is 14.6. The van der Waals surface area contributed by atoms with Gasteiger partial charge < -0.3 is 14.4 Å². The van der Waals surface area contributed by atoms with Crippen LogP contribution in [0.2, 0.25) is 0 Å². The van der Waals surface area contributed by atoms with Crippen molar-refractivity contribution in [1.82, 2.24) is 0 Å². The summed E-state index contributed by atoms with van der Waals surface area (Å²) in [6.45, 7) is 1.43. The Kier molecular flexibility index (Phi) is 5.01. The number of nitrogens with zero attached hydrogens (tertiary/aromatic N) is 1. The number of hydrogen-bond donors (Lipinski definition) is 0. The van der Waals surface area contributed by atoms with E-state index in [1.54, 1.807) is 22.7 Å². The molecule has 0 aliphatic carbocycles. The number of anilines is 1.